The Bertz CT molecular complexity index is 1920. The average molecular weight is 1400 g/mol. The number of ether oxygens (including phenoxy) is 6. The molecule has 2 fully saturated rings. The molecule has 0 spiro atoms. The Morgan fingerprint density at radius 3 is 1.42 bits per heavy atom. The SMILES string of the molecule is CCCCCC/C=C\CCCCCCCCCC(=O)N[C@H]1[C@H](OO[C@H]2OC(OP(=O)([O-])[O-])C(NC(=O)CC(=O)CCCCCCCCCCC)[C@@H](OCCCCCCCCCC)[C@@H]2O)O[C@H](COC)C(OP(=O)([O-])[O-])[C@@H]1OCC[C@@H](CCCCCCC)OC.[Na+].[Na+].[Na+].[Na+]. The Balaban J connectivity index is -0.0000202. The average Bonchev–Trinajstić information content (AvgIpc) is 0.798. The zero-order valence-corrected chi connectivity index (χ0v) is 69.3. The van der Waals surface area contributed by atoms with Gasteiger partial charge in [0.25, 0.3) is 0 Å². The number of hydrogen-bond donors (Lipinski definition) is 3. The molecule has 3 N–H and O–H groups in total. The van der Waals surface area contributed by atoms with Crippen molar-refractivity contribution in [2.45, 2.75) is 352 Å². The van der Waals surface area contributed by atoms with Crippen LogP contribution < -0.4 is 148 Å². The minimum atomic E-state index is -5.96. The van der Waals surface area contributed by atoms with E-state index in [0.29, 0.717) is 32.1 Å². The minimum Gasteiger partial charge on any atom is -0.790 e. The first-order valence-electron chi connectivity index (χ1n) is 34.6. The van der Waals surface area contributed by atoms with Crippen LogP contribution in [0, 0.1) is 0 Å². The van der Waals surface area contributed by atoms with Crippen LogP contribution in [-0.2, 0) is 70.8 Å². The Morgan fingerprint density at radius 1 is 0.484 bits per heavy atom. The zero-order chi connectivity index (χ0) is 65.4. The van der Waals surface area contributed by atoms with Gasteiger partial charge in [-0.05, 0) is 57.8 Å². The van der Waals surface area contributed by atoms with Gasteiger partial charge in [-0.1, -0.05) is 220 Å². The van der Waals surface area contributed by atoms with Crippen LogP contribution in [0.4, 0.5) is 0 Å². The Kier molecular flexibility index (Phi) is 68.2. The van der Waals surface area contributed by atoms with Gasteiger partial charge >= 0.3 is 118 Å². The quantitative estimate of drug-likeness (QED) is 0.0125. The van der Waals surface area contributed by atoms with Gasteiger partial charge in [0.05, 0.1) is 34.8 Å². The second-order valence-electron chi connectivity index (χ2n) is 24.4. The van der Waals surface area contributed by atoms with E-state index in [1.54, 1.807) is 7.11 Å². The number of amides is 2. The first-order valence-corrected chi connectivity index (χ1v) is 37.6. The van der Waals surface area contributed by atoms with Crippen molar-refractivity contribution in [1.29, 1.82) is 0 Å². The molecule has 2 rings (SSSR count). The normalized spacial score (nSPS) is 21.9. The number of allylic oxidation sites excluding steroid dienone is 2. The Morgan fingerprint density at radius 2 is 0.914 bits per heavy atom. The fraction of sp³-hybridized carbons (Fsp3) is 0.923. The number of aliphatic hydroxyl groups excluding tert-OH is 1. The number of aliphatic hydroxyl groups is 1. The molecular weight excluding hydrogens is 1280 g/mol. The fourth-order valence-electron chi connectivity index (χ4n) is 11.4. The van der Waals surface area contributed by atoms with Gasteiger partial charge in [-0.2, -0.15) is 9.78 Å². The summed E-state index contributed by atoms with van der Waals surface area (Å²) < 4.78 is 70.8. The van der Waals surface area contributed by atoms with Gasteiger partial charge in [-0.15, -0.1) is 0 Å². The molecule has 0 bridgehead atoms. The van der Waals surface area contributed by atoms with Crippen molar-refractivity contribution < 1.29 is 214 Å². The molecule has 0 aromatic carbocycles. The molecule has 524 valence electrons. The molecular formula is C65H120N2Na4O20P2. The van der Waals surface area contributed by atoms with Crippen molar-refractivity contribution in [3.05, 3.63) is 12.2 Å². The van der Waals surface area contributed by atoms with Gasteiger partial charge in [-0.3, -0.25) is 14.4 Å². The van der Waals surface area contributed by atoms with E-state index in [9.17, 15) is 48.2 Å². The molecule has 2 amide bonds. The summed E-state index contributed by atoms with van der Waals surface area (Å²) in [5.41, 5.74) is 0. The van der Waals surface area contributed by atoms with Crippen molar-refractivity contribution in [3.63, 3.8) is 0 Å². The van der Waals surface area contributed by atoms with Gasteiger partial charge in [0.15, 0.2) is 6.29 Å². The number of rotatable bonds is 59. The number of hydrogen-bond acceptors (Lipinski definition) is 20. The molecule has 2 aliphatic heterocycles. The number of phosphoric acid groups is 2. The third-order valence-electron chi connectivity index (χ3n) is 16.5. The molecule has 3 unspecified atom stereocenters. The maximum Gasteiger partial charge on any atom is 1.00 e. The maximum absolute atomic E-state index is 14.0. The number of phosphoric ester groups is 2. The molecule has 22 nitrogen and oxygen atoms in total. The predicted octanol–water partition coefficient (Wildman–Crippen LogP) is -1.01. The van der Waals surface area contributed by atoms with Crippen molar-refractivity contribution in [2.24, 2.45) is 0 Å². The van der Waals surface area contributed by atoms with E-state index in [1.807, 2.05) is 0 Å². The standard InChI is InChI=1S/C65H124N2O20P2.4Na/c1-7-11-15-19-22-25-26-27-28-29-30-32-34-38-42-46-55(69)66-58-62(81-49-47-53(79-6)45-41-36-18-14-10-4)60(86-88(72,73)74)54(51-78-5)82-63(58)84-85-65-59(71)61(80-48-43-39-35-24-21-17-13-9-3)57(64(83-65)87-89(75,76)77)67-56(70)50-52(68)44-40-37-33-31-23-20-16-12-8-2;;;;/h25-26,53-54,57-65,71H,7-24,27-51H2,1-6H3,(H,66,69)(H,67,70)(H2,72,73,74)(H2,75,76,77);;;;/q;4*+1/p-4/b26-25-;;;;/t53-,54-,57?,58-,59+,60?,61-,62-,63+,64?,65-;;;;/m1..../s1. The monoisotopic (exact) mass is 1400 g/mol. The molecule has 28 heteroatoms. The van der Waals surface area contributed by atoms with Crippen LogP contribution in [0.3, 0.4) is 0 Å². The second-order valence-corrected chi connectivity index (χ2v) is 26.6. The Labute approximate surface area is 649 Å². The number of nitrogens with one attached hydrogen (secondary N) is 2. The van der Waals surface area contributed by atoms with E-state index in [2.05, 4.69) is 50.5 Å². The summed E-state index contributed by atoms with van der Waals surface area (Å²) in [7, 11) is -8.91. The molecule has 93 heavy (non-hydrogen) atoms. The van der Waals surface area contributed by atoms with Gasteiger partial charge in [-0.25, -0.2) is 0 Å². The van der Waals surface area contributed by atoms with Gasteiger partial charge in [0.1, 0.15) is 48.4 Å². The van der Waals surface area contributed by atoms with Crippen LogP contribution in [0.1, 0.15) is 285 Å². The number of carbonyl (C=O) groups excluding carboxylic acids is 3. The van der Waals surface area contributed by atoms with E-state index in [0.717, 1.165) is 161 Å². The van der Waals surface area contributed by atoms with E-state index in [1.165, 1.54) is 52.1 Å². The molecule has 0 radical (unpaired) electrons. The number of Topliss-reactive ketones (excluding diaryl/α,β-unsaturated/α-hetero) is 1. The van der Waals surface area contributed by atoms with Gasteiger partial charge < -0.3 is 81.9 Å². The number of ketones is 1. The van der Waals surface area contributed by atoms with E-state index < -0.39 is 102 Å². The van der Waals surface area contributed by atoms with E-state index >= 15 is 0 Å². The Hall–Kier alpha value is 2.21. The predicted molar refractivity (Wildman–Crippen MR) is 334 cm³/mol. The van der Waals surface area contributed by atoms with Crippen molar-refractivity contribution in [1.82, 2.24) is 10.6 Å². The third-order valence-corrected chi connectivity index (χ3v) is 17.5. The second kappa shape index (κ2) is 63.9. The smallest absolute Gasteiger partial charge is 0.790 e. The summed E-state index contributed by atoms with van der Waals surface area (Å²) >= 11 is 0. The summed E-state index contributed by atoms with van der Waals surface area (Å²) in [4.78, 5) is 102. The molecule has 0 aliphatic carbocycles. The van der Waals surface area contributed by atoms with Crippen molar-refractivity contribution in [3.8, 4) is 0 Å². The molecule has 2 aliphatic rings. The molecule has 0 saturated carbocycles. The maximum atomic E-state index is 14.0. The number of carbonyl (C=O) groups is 3. The van der Waals surface area contributed by atoms with Crippen LogP contribution in [-0.4, -0.2) is 124 Å². The summed E-state index contributed by atoms with van der Waals surface area (Å²) in [6.45, 7) is 8.14. The third kappa shape index (κ3) is 50.3. The number of methoxy groups -OCH3 is 2. The van der Waals surface area contributed by atoms with Gasteiger partial charge in [0, 0.05) is 40.3 Å². The van der Waals surface area contributed by atoms with Crippen LogP contribution in [0.15, 0.2) is 12.2 Å². The molecule has 11 atom stereocenters. The van der Waals surface area contributed by atoms with Crippen LogP contribution in [0.25, 0.3) is 0 Å². The summed E-state index contributed by atoms with van der Waals surface area (Å²) in [6.07, 6.45) is 26.0. The van der Waals surface area contributed by atoms with Crippen molar-refractivity contribution >= 4 is 33.2 Å². The summed E-state index contributed by atoms with van der Waals surface area (Å²) in [6, 6.07) is -3.21. The van der Waals surface area contributed by atoms with Gasteiger partial charge in [0.2, 0.25) is 24.4 Å². The van der Waals surface area contributed by atoms with Crippen LogP contribution in [0.5, 0.6) is 0 Å². The minimum absolute atomic E-state index is 0. The first-order chi connectivity index (χ1) is 42.9. The summed E-state index contributed by atoms with van der Waals surface area (Å²) in [5.74, 6) is -1.77. The fourth-order valence-corrected chi connectivity index (χ4v) is 12.4. The van der Waals surface area contributed by atoms with Crippen LogP contribution in [0.2, 0.25) is 0 Å². The topological polar surface area (TPSA) is 314 Å². The molecule has 0 aromatic heterocycles. The number of unbranched alkanes of at least 4 members (excludes halogenated alkanes) is 30. The largest absolute Gasteiger partial charge is 1.00 e. The molecule has 2 heterocycles. The van der Waals surface area contributed by atoms with E-state index in [4.69, 9.17) is 47.2 Å². The summed E-state index contributed by atoms with van der Waals surface area (Å²) in [5, 5.41) is 17.5. The van der Waals surface area contributed by atoms with E-state index in [-0.39, 0.29) is 156 Å². The molecule has 2 saturated heterocycles. The molecule has 0 aromatic rings. The van der Waals surface area contributed by atoms with Crippen LogP contribution >= 0.6 is 15.6 Å². The zero-order valence-electron chi connectivity index (χ0n) is 59.5. The first kappa shape index (κ1) is 99.4. The van der Waals surface area contributed by atoms with Crippen molar-refractivity contribution in [2.75, 3.05) is 34.0 Å².